The van der Waals surface area contributed by atoms with Crippen molar-refractivity contribution in [2.45, 2.75) is 64.5 Å². The summed E-state index contributed by atoms with van der Waals surface area (Å²) >= 11 is 0. The fraction of sp³-hybridized carbons (Fsp3) is 0.545. The smallest absolute Gasteiger partial charge is 0.169 e. The average molecular weight is 322 g/mol. The van der Waals surface area contributed by atoms with Gasteiger partial charge in [-0.1, -0.05) is 25.7 Å². The van der Waals surface area contributed by atoms with Crippen LogP contribution in [0.5, 0.6) is 0 Å². The number of rotatable bonds is 5. The van der Waals surface area contributed by atoms with E-state index in [0.29, 0.717) is 0 Å². The van der Waals surface area contributed by atoms with Gasteiger partial charge in [-0.3, -0.25) is 0 Å². The molecular formula is C22H30N2+2. The van der Waals surface area contributed by atoms with Gasteiger partial charge in [-0.25, -0.2) is 9.13 Å². The Balaban J connectivity index is 1.39. The maximum Gasteiger partial charge on any atom is 0.169 e. The Labute approximate surface area is 146 Å². The fourth-order valence-electron chi connectivity index (χ4n) is 4.53. The van der Waals surface area contributed by atoms with Gasteiger partial charge in [-0.05, 0) is 36.8 Å². The molecule has 0 radical (unpaired) electrons. The lowest BCUT2D eigenvalue weighted by molar-refractivity contribution is -0.703. The van der Waals surface area contributed by atoms with E-state index in [1.807, 2.05) is 0 Å². The van der Waals surface area contributed by atoms with Crippen LogP contribution in [0.25, 0.3) is 11.1 Å². The molecule has 0 spiro atoms. The molecule has 2 aromatic heterocycles. The van der Waals surface area contributed by atoms with Gasteiger partial charge in [0, 0.05) is 36.1 Å². The van der Waals surface area contributed by atoms with Gasteiger partial charge in [0.2, 0.25) is 0 Å². The van der Waals surface area contributed by atoms with Gasteiger partial charge >= 0.3 is 0 Å². The first-order chi connectivity index (χ1) is 11.9. The first-order valence-corrected chi connectivity index (χ1v) is 9.85. The van der Waals surface area contributed by atoms with Gasteiger partial charge in [-0.15, -0.1) is 0 Å². The average Bonchev–Trinajstić information content (AvgIpc) is 3.31. The van der Waals surface area contributed by atoms with Crippen molar-refractivity contribution in [1.29, 1.82) is 0 Å². The number of nitrogens with zero attached hydrogens (tertiary/aromatic N) is 2. The molecule has 0 atom stereocenters. The van der Waals surface area contributed by atoms with Crippen molar-refractivity contribution in [3.63, 3.8) is 0 Å². The zero-order valence-corrected chi connectivity index (χ0v) is 14.7. The van der Waals surface area contributed by atoms with E-state index >= 15 is 0 Å². The molecule has 2 aliphatic rings. The van der Waals surface area contributed by atoms with Gasteiger partial charge in [0.25, 0.3) is 0 Å². The van der Waals surface area contributed by atoms with Crippen LogP contribution in [0.4, 0.5) is 0 Å². The van der Waals surface area contributed by atoms with Crippen LogP contribution in [0.3, 0.4) is 0 Å². The van der Waals surface area contributed by atoms with Crippen molar-refractivity contribution in [3.05, 3.63) is 49.1 Å². The normalized spacial score (nSPS) is 19.2. The molecule has 0 aromatic carbocycles. The van der Waals surface area contributed by atoms with Gasteiger partial charge < -0.3 is 0 Å². The minimum atomic E-state index is 0.895. The second kappa shape index (κ2) is 7.46. The van der Waals surface area contributed by atoms with Gasteiger partial charge in [0.1, 0.15) is 0 Å². The highest BCUT2D eigenvalue weighted by Crippen LogP contribution is 2.25. The molecular weight excluding hydrogens is 292 g/mol. The molecule has 2 nitrogen and oxygen atoms in total. The molecule has 2 aromatic rings. The van der Waals surface area contributed by atoms with Crippen molar-refractivity contribution in [2.24, 2.45) is 11.8 Å². The van der Waals surface area contributed by atoms with E-state index in [-0.39, 0.29) is 0 Å². The summed E-state index contributed by atoms with van der Waals surface area (Å²) in [5.74, 6) is 1.79. The van der Waals surface area contributed by atoms with Crippen LogP contribution >= 0.6 is 0 Å². The predicted molar refractivity (Wildman–Crippen MR) is 96.2 cm³/mol. The summed E-state index contributed by atoms with van der Waals surface area (Å²) in [7, 11) is 0. The predicted octanol–water partition coefficient (Wildman–Crippen LogP) is 4.31. The van der Waals surface area contributed by atoms with Gasteiger partial charge in [-0.2, -0.15) is 0 Å². The Morgan fingerprint density at radius 3 is 1.25 bits per heavy atom. The molecule has 126 valence electrons. The van der Waals surface area contributed by atoms with Crippen LogP contribution in [0.2, 0.25) is 0 Å². The Morgan fingerprint density at radius 2 is 0.917 bits per heavy atom. The maximum absolute atomic E-state index is 2.36. The summed E-state index contributed by atoms with van der Waals surface area (Å²) in [5.41, 5.74) is 2.65. The summed E-state index contributed by atoms with van der Waals surface area (Å²) in [4.78, 5) is 0. The Kier molecular flexibility index (Phi) is 4.91. The van der Waals surface area contributed by atoms with Crippen LogP contribution in [0.1, 0.15) is 51.4 Å². The Morgan fingerprint density at radius 1 is 0.583 bits per heavy atom. The third-order valence-electron chi connectivity index (χ3n) is 6.00. The van der Waals surface area contributed by atoms with Crippen molar-refractivity contribution in [3.8, 4) is 11.1 Å². The summed E-state index contributed by atoms with van der Waals surface area (Å²) in [6.07, 6.45) is 20.4. The molecule has 0 amide bonds. The fourth-order valence-corrected chi connectivity index (χ4v) is 4.53. The minimum absolute atomic E-state index is 0.895. The van der Waals surface area contributed by atoms with E-state index in [4.69, 9.17) is 0 Å². The molecule has 0 unspecified atom stereocenters. The zero-order chi connectivity index (χ0) is 16.2. The monoisotopic (exact) mass is 322 g/mol. The summed E-state index contributed by atoms with van der Waals surface area (Å²) < 4.78 is 4.73. The molecule has 0 bridgehead atoms. The van der Waals surface area contributed by atoms with Crippen LogP contribution in [0, 0.1) is 11.8 Å². The molecule has 2 heterocycles. The number of pyridine rings is 2. The molecule has 0 aliphatic heterocycles. The van der Waals surface area contributed by atoms with Crippen LogP contribution in [-0.2, 0) is 13.1 Å². The highest BCUT2D eigenvalue weighted by molar-refractivity contribution is 5.60. The topological polar surface area (TPSA) is 7.76 Å². The minimum Gasteiger partial charge on any atom is -0.205 e. The molecule has 0 N–H and O–H groups in total. The number of aromatic nitrogens is 2. The summed E-state index contributed by atoms with van der Waals surface area (Å²) in [5, 5.41) is 0. The first kappa shape index (κ1) is 15.8. The quantitative estimate of drug-likeness (QED) is 0.725. The second-order valence-electron chi connectivity index (χ2n) is 7.87. The summed E-state index contributed by atoms with van der Waals surface area (Å²) in [6, 6.07) is 9.08. The number of hydrogen-bond acceptors (Lipinski definition) is 0. The lowest BCUT2D eigenvalue weighted by Gasteiger charge is -2.06. The van der Waals surface area contributed by atoms with Crippen molar-refractivity contribution < 1.29 is 9.13 Å². The van der Waals surface area contributed by atoms with E-state index in [1.165, 1.54) is 75.6 Å². The van der Waals surface area contributed by atoms with E-state index in [0.717, 1.165) is 11.8 Å². The molecule has 4 rings (SSSR count). The van der Waals surface area contributed by atoms with E-state index < -0.39 is 0 Å². The van der Waals surface area contributed by atoms with Crippen molar-refractivity contribution >= 4 is 0 Å². The summed E-state index contributed by atoms with van der Waals surface area (Å²) in [6.45, 7) is 2.38. The molecule has 2 aliphatic carbocycles. The third kappa shape index (κ3) is 3.85. The molecule has 2 fully saturated rings. The molecule has 2 heteroatoms. The lowest BCUT2D eigenvalue weighted by Crippen LogP contribution is -2.36. The maximum atomic E-state index is 2.36. The number of hydrogen-bond donors (Lipinski definition) is 0. The Bertz CT molecular complexity index is 573. The van der Waals surface area contributed by atoms with Crippen LogP contribution in [-0.4, -0.2) is 0 Å². The standard InChI is InChI=1S/C22H30N2/c1-2-6-19(5-1)17-23-13-9-21(10-14-23)22-11-15-24(16-12-22)18-20-7-3-4-8-20/h9-16,19-20H,1-8,17-18H2/q+2. The zero-order valence-electron chi connectivity index (χ0n) is 14.7. The highest BCUT2D eigenvalue weighted by Gasteiger charge is 2.20. The van der Waals surface area contributed by atoms with E-state index in [2.05, 4.69) is 58.2 Å². The van der Waals surface area contributed by atoms with Gasteiger partial charge in [0.05, 0.1) is 0 Å². The van der Waals surface area contributed by atoms with Crippen LogP contribution in [0.15, 0.2) is 49.1 Å². The van der Waals surface area contributed by atoms with Crippen molar-refractivity contribution in [1.82, 2.24) is 0 Å². The second-order valence-corrected chi connectivity index (χ2v) is 7.87. The largest absolute Gasteiger partial charge is 0.205 e. The van der Waals surface area contributed by atoms with Crippen molar-refractivity contribution in [2.75, 3.05) is 0 Å². The first-order valence-electron chi connectivity index (χ1n) is 9.85. The van der Waals surface area contributed by atoms with E-state index in [1.54, 1.807) is 0 Å². The third-order valence-corrected chi connectivity index (χ3v) is 6.00. The molecule has 24 heavy (non-hydrogen) atoms. The van der Waals surface area contributed by atoms with Gasteiger partial charge in [0.15, 0.2) is 37.9 Å². The molecule has 2 saturated carbocycles. The lowest BCUT2D eigenvalue weighted by atomic mass is 10.1. The molecule has 0 saturated heterocycles. The SMILES string of the molecule is c1c[n+](CC2CCCC2)ccc1-c1cc[n+](CC2CCCC2)cc1. The Hall–Kier alpha value is -1.70. The highest BCUT2D eigenvalue weighted by atomic mass is 14.9. The van der Waals surface area contributed by atoms with E-state index in [9.17, 15) is 0 Å². The van der Waals surface area contributed by atoms with Crippen LogP contribution < -0.4 is 9.13 Å².